The molecule has 0 N–H and O–H groups in total. The van der Waals surface area contributed by atoms with Crippen molar-refractivity contribution in [3.63, 3.8) is 0 Å². The monoisotopic (exact) mass is 853 g/mol. The van der Waals surface area contributed by atoms with Gasteiger partial charge in [-0.15, -0.1) is 0 Å². The van der Waals surface area contributed by atoms with Crippen molar-refractivity contribution in [1.29, 1.82) is 0 Å². The minimum Gasteiger partial charge on any atom is -0.310 e. The zero-order chi connectivity index (χ0) is 44.3. The molecule has 316 valence electrons. The molecule has 0 radical (unpaired) electrons. The van der Waals surface area contributed by atoms with Gasteiger partial charge in [0.05, 0.1) is 5.69 Å². The molecule has 11 aromatic carbocycles. The number of nitrogens with zero attached hydrogens (tertiary/aromatic N) is 1. The summed E-state index contributed by atoms with van der Waals surface area (Å²) in [4.78, 5) is 2.47. The minimum atomic E-state index is 0.993. The third-order valence-corrected chi connectivity index (χ3v) is 14.3. The van der Waals surface area contributed by atoms with Crippen LogP contribution in [0.4, 0.5) is 17.1 Å². The molecule has 2 aliphatic rings. The molecule has 67 heavy (non-hydrogen) atoms. The summed E-state index contributed by atoms with van der Waals surface area (Å²) in [6.45, 7) is 0. The zero-order valence-corrected chi connectivity index (χ0v) is 37.3. The molecule has 0 fully saturated rings. The van der Waals surface area contributed by atoms with Crippen molar-refractivity contribution < 1.29 is 0 Å². The van der Waals surface area contributed by atoms with Crippen LogP contribution in [0.2, 0.25) is 0 Å². The van der Waals surface area contributed by atoms with E-state index in [4.69, 9.17) is 0 Å². The average Bonchev–Trinajstić information content (AvgIpc) is 3.41. The van der Waals surface area contributed by atoms with E-state index in [-0.39, 0.29) is 0 Å². The number of hydrogen-bond donors (Lipinski definition) is 0. The molecular weight excluding hydrogens is 807 g/mol. The quantitative estimate of drug-likeness (QED) is 0.144. The van der Waals surface area contributed by atoms with Crippen LogP contribution in [0.5, 0.6) is 0 Å². The van der Waals surface area contributed by atoms with Gasteiger partial charge in [0.15, 0.2) is 0 Å². The molecule has 1 heteroatoms. The van der Waals surface area contributed by atoms with Gasteiger partial charge in [0.25, 0.3) is 0 Å². The Morgan fingerprint density at radius 3 is 1.82 bits per heavy atom. The molecule has 0 atom stereocenters. The molecular formula is C66H47N. The van der Waals surface area contributed by atoms with Gasteiger partial charge in [0.1, 0.15) is 0 Å². The highest BCUT2D eigenvalue weighted by Crippen LogP contribution is 2.51. The molecule has 0 saturated heterocycles. The van der Waals surface area contributed by atoms with Crippen LogP contribution in [0.15, 0.2) is 224 Å². The molecule has 0 saturated carbocycles. The fourth-order valence-electron chi connectivity index (χ4n) is 11.2. The second-order valence-electron chi connectivity index (χ2n) is 18.2. The van der Waals surface area contributed by atoms with Crippen LogP contribution >= 0.6 is 0 Å². The molecule has 0 heterocycles. The normalized spacial score (nSPS) is 13.0. The second-order valence-corrected chi connectivity index (χ2v) is 18.2. The smallest absolute Gasteiger partial charge is 0.0540 e. The van der Waals surface area contributed by atoms with Crippen LogP contribution < -0.4 is 4.90 Å². The lowest BCUT2D eigenvalue weighted by molar-refractivity contribution is 0.985. The summed E-state index contributed by atoms with van der Waals surface area (Å²) in [7, 11) is 0. The summed E-state index contributed by atoms with van der Waals surface area (Å²) in [5.74, 6) is 0. The Labute approximate surface area is 392 Å². The van der Waals surface area contributed by atoms with Gasteiger partial charge in [-0.3, -0.25) is 0 Å². The Hall–Kier alpha value is -8.26. The first-order valence-corrected chi connectivity index (χ1v) is 23.8. The van der Waals surface area contributed by atoms with Crippen molar-refractivity contribution in [2.24, 2.45) is 0 Å². The Morgan fingerprint density at radius 1 is 0.358 bits per heavy atom. The molecule has 13 rings (SSSR count). The average molecular weight is 854 g/mol. The van der Waals surface area contributed by atoms with Crippen LogP contribution in [0.25, 0.3) is 99.7 Å². The van der Waals surface area contributed by atoms with Crippen molar-refractivity contribution in [2.45, 2.75) is 25.7 Å². The first-order valence-electron chi connectivity index (χ1n) is 23.8. The van der Waals surface area contributed by atoms with Crippen molar-refractivity contribution in [3.8, 4) is 44.5 Å². The van der Waals surface area contributed by atoms with E-state index >= 15 is 0 Å². The fourth-order valence-corrected chi connectivity index (χ4v) is 11.2. The zero-order valence-electron chi connectivity index (χ0n) is 37.3. The van der Waals surface area contributed by atoms with Gasteiger partial charge in [0, 0.05) is 16.8 Å². The molecule has 1 nitrogen and oxygen atoms in total. The van der Waals surface area contributed by atoms with E-state index in [1.165, 1.54) is 110 Å². The van der Waals surface area contributed by atoms with Gasteiger partial charge < -0.3 is 4.90 Å². The van der Waals surface area contributed by atoms with E-state index < -0.39 is 0 Å². The highest BCUT2D eigenvalue weighted by molar-refractivity contribution is 6.25. The molecule has 0 spiro atoms. The number of aryl methyl sites for hydroxylation is 2. The summed E-state index contributed by atoms with van der Waals surface area (Å²) in [6.07, 6.45) is 13.6. The van der Waals surface area contributed by atoms with Crippen molar-refractivity contribution in [1.82, 2.24) is 0 Å². The first kappa shape index (κ1) is 39.1. The standard InChI is InChI=1S/C66H47N/c1-4-20-46(21-5-1)60-43-61(47-22-6-2-7-23-47)65-58-31-17-15-29-56(58)62-42-51(34-37-59(62)66(65)64(60)48-24-8-3-9-25-48)54-38-39-63(57-30-16-14-28-55(54)57)67(52-35-32-44-18-10-12-26-49(44)40-52)53-36-33-45-19-11-13-27-50(45)41-53/h1-10,12-14,16-18,20-28,30-43H,11,15,19,29H2. The second kappa shape index (κ2) is 16.3. The summed E-state index contributed by atoms with van der Waals surface area (Å²) in [6, 6.07) is 79.2. The van der Waals surface area contributed by atoms with Crippen molar-refractivity contribution >= 4 is 72.3 Å². The summed E-state index contributed by atoms with van der Waals surface area (Å²) in [5.41, 5.74) is 18.9. The molecule has 0 amide bonds. The van der Waals surface area contributed by atoms with Gasteiger partial charge >= 0.3 is 0 Å². The van der Waals surface area contributed by atoms with Gasteiger partial charge in [-0.2, -0.15) is 0 Å². The fraction of sp³-hybridized carbons (Fsp3) is 0.0606. The number of anilines is 3. The largest absolute Gasteiger partial charge is 0.310 e. The van der Waals surface area contributed by atoms with E-state index in [1.807, 2.05) is 0 Å². The Balaban J connectivity index is 1.07. The SMILES string of the molecule is C1=Cc2cc(N(c3ccc4ccccc4c3)c3ccc(-c4ccc5c(c4)c4c(c6c(-c7ccccc7)cc(-c7ccccc7)c(-c7ccccc7)c65)C=CCC4)c4ccccc34)ccc2CC1. The minimum absolute atomic E-state index is 0.993. The van der Waals surface area contributed by atoms with E-state index in [9.17, 15) is 0 Å². The number of benzene rings is 11. The maximum Gasteiger partial charge on any atom is 0.0540 e. The van der Waals surface area contributed by atoms with Crippen LogP contribution in [0.3, 0.4) is 0 Å². The predicted octanol–water partition coefficient (Wildman–Crippen LogP) is 18.4. The maximum absolute atomic E-state index is 2.51. The van der Waals surface area contributed by atoms with Crippen LogP contribution in [-0.4, -0.2) is 0 Å². The van der Waals surface area contributed by atoms with Crippen LogP contribution in [0.1, 0.15) is 35.1 Å². The summed E-state index contributed by atoms with van der Waals surface area (Å²) >= 11 is 0. The van der Waals surface area contributed by atoms with E-state index in [0.29, 0.717) is 0 Å². The number of allylic oxidation sites excluding steroid dienone is 2. The maximum atomic E-state index is 2.51. The van der Waals surface area contributed by atoms with E-state index in [2.05, 4.69) is 242 Å². The number of hydrogen-bond acceptors (Lipinski definition) is 1. The molecule has 11 aromatic rings. The third-order valence-electron chi connectivity index (χ3n) is 14.3. The number of rotatable bonds is 7. The Bertz CT molecular complexity index is 3780. The van der Waals surface area contributed by atoms with Gasteiger partial charge in [-0.1, -0.05) is 194 Å². The Kier molecular flexibility index (Phi) is 9.53. The molecule has 0 bridgehead atoms. The van der Waals surface area contributed by atoms with Gasteiger partial charge in [0.2, 0.25) is 0 Å². The van der Waals surface area contributed by atoms with Crippen molar-refractivity contribution in [2.75, 3.05) is 4.90 Å². The highest BCUT2D eigenvalue weighted by Gasteiger charge is 2.25. The lowest BCUT2D eigenvalue weighted by atomic mass is 9.78. The number of fused-ring (bicyclic) bond motifs is 9. The first-order chi connectivity index (χ1) is 33.2. The summed E-state index contributed by atoms with van der Waals surface area (Å²) in [5, 5.41) is 10.2. The third kappa shape index (κ3) is 6.69. The van der Waals surface area contributed by atoms with E-state index in [0.717, 1.165) is 42.7 Å². The molecule has 0 unspecified atom stereocenters. The van der Waals surface area contributed by atoms with Crippen molar-refractivity contribution in [3.05, 3.63) is 247 Å². The molecule has 0 aliphatic heterocycles. The highest BCUT2D eigenvalue weighted by atomic mass is 15.1. The topological polar surface area (TPSA) is 3.24 Å². The van der Waals surface area contributed by atoms with Crippen LogP contribution in [-0.2, 0) is 12.8 Å². The van der Waals surface area contributed by atoms with E-state index in [1.54, 1.807) is 0 Å². The van der Waals surface area contributed by atoms with Gasteiger partial charge in [-0.25, -0.2) is 0 Å². The Morgan fingerprint density at radius 2 is 1.01 bits per heavy atom. The summed E-state index contributed by atoms with van der Waals surface area (Å²) < 4.78 is 0. The molecule has 2 aliphatic carbocycles. The molecule has 0 aromatic heterocycles. The lowest BCUT2D eigenvalue weighted by Gasteiger charge is -2.29. The van der Waals surface area contributed by atoms with Crippen LogP contribution in [0, 0.1) is 0 Å². The predicted molar refractivity (Wildman–Crippen MR) is 288 cm³/mol. The van der Waals surface area contributed by atoms with Gasteiger partial charge in [-0.05, 0) is 173 Å². The lowest BCUT2D eigenvalue weighted by Crippen LogP contribution is -2.11.